The predicted molar refractivity (Wildman–Crippen MR) is 60.7 cm³/mol. The van der Waals surface area contributed by atoms with E-state index in [4.69, 9.17) is 16.3 Å². The zero-order valence-electron chi connectivity index (χ0n) is 9.01. The zero-order chi connectivity index (χ0) is 11.5. The van der Waals surface area contributed by atoms with Crippen LogP contribution in [0.4, 0.5) is 5.82 Å². The number of hydrogen-bond acceptors (Lipinski definition) is 5. The van der Waals surface area contributed by atoms with Crippen molar-refractivity contribution in [3.05, 3.63) is 17.3 Å². The van der Waals surface area contributed by atoms with Crippen molar-refractivity contribution in [3.63, 3.8) is 0 Å². The van der Waals surface area contributed by atoms with Crippen molar-refractivity contribution in [3.8, 4) is 0 Å². The van der Waals surface area contributed by atoms with Crippen LogP contribution in [0.3, 0.4) is 0 Å². The van der Waals surface area contributed by atoms with Gasteiger partial charge in [-0.2, -0.15) is 0 Å². The van der Waals surface area contributed by atoms with Gasteiger partial charge < -0.3 is 14.7 Å². The molecule has 0 bridgehead atoms. The molecule has 6 heteroatoms. The molecule has 0 aromatic carbocycles. The van der Waals surface area contributed by atoms with Crippen LogP contribution in [0, 0.1) is 0 Å². The van der Waals surface area contributed by atoms with Crippen LogP contribution in [0.1, 0.15) is 6.92 Å². The summed E-state index contributed by atoms with van der Waals surface area (Å²) >= 11 is 5.67. The summed E-state index contributed by atoms with van der Waals surface area (Å²) in [7, 11) is 0. The van der Waals surface area contributed by atoms with Gasteiger partial charge >= 0.3 is 0 Å². The molecular weight excluding hydrogens is 230 g/mol. The number of hydrogen-bond donors (Lipinski definition) is 1. The molecule has 1 aromatic heterocycles. The van der Waals surface area contributed by atoms with Gasteiger partial charge in [0.1, 0.15) is 6.10 Å². The third-order valence-corrected chi connectivity index (χ3v) is 2.78. The first-order valence-corrected chi connectivity index (χ1v) is 5.58. The van der Waals surface area contributed by atoms with Crippen LogP contribution in [0.25, 0.3) is 0 Å². The van der Waals surface area contributed by atoms with Crippen molar-refractivity contribution in [1.29, 1.82) is 0 Å². The number of rotatable bonds is 2. The van der Waals surface area contributed by atoms with E-state index in [1.807, 2.05) is 11.0 Å². The van der Waals surface area contributed by atoms with Gasteiger partial charge in [-0.3, -0.25) is 0 Å². The molecule has 0 spiro atoms. The van der Waals surface area contributed by atoms with E-state index in [9.17, 15) is 5.11 Å². The maximum absolute atomic E-state index is 9.48. The van der Waals surface area contributed by atoms with E-state index in [0.29, 0.717) is 18.3 Å². The molecule has 1 aliphatic rings. The highest BCUT2D eigenvalue weighted by molar-refractivity contribution is 6.29. The second-order valence-corrected chi connectivity index (χ2v) is 4.20. The van der Waals surface area contributed by atoms with Gasteiger partial charge in [0.25, 0.3) is 0 Å². The SMILES string of the molecule is C[C@@H](O)C1CN(c2ccc(Cl)nn2)CCO1. The standard InChI is InChI=1S/C10H14ClN3O2/c1-7(15)8-6-14(4-5-16-8)10-3-2-9(11)12-13-10/h2-3,7-8,15H,4-6H2,1H3/t7-,8?/m1/s1. The summed E-state index contributed by atoms with van der Waals surface area (Å²) in [5.41, 5.74) is 0. The Balaban J connectivity index is 2.06. The second-order valence-electron chi connectivity index (χ2n) is 3.81. The van der Waals surface area contributed by atoms with Gasteiger partial charge in [-0.05, 0) is 19.1 Å². The molecule has 5 nitrogen and oxygen atoms in total. The fraction of sp³-hybridized carbons (Fsp3) is 0.600. The number of aromatic nitrogens is 2. The molecule has 2 heterocycles. The molecule has 88 valence electrons. The number of ether oxygens (including phenoxy) is 1. The molecule has 1 saturated heterocycles. The average molecular weight is 244 g/mol. The van der Waals surface area contributed by atoms with E-state index in [0.717, 1.165) is 12.4 Å². The Morgan fingerprint density at radius 1 is 1.56 bits per heavy atom. The first-order valence-electron chi connectivity index (χ1n) is 5.20. The lowest BCUT2D eigenvalue weighted by Crippen LogP contribution is -2.47. The van der Waals surface area contributed by atoms with Gasteiger partial charge in [-0.25, -0.2) is 0 Å². The monoisotopic (exact) mass is 243 g/mol. The Kier molecular flexibility index (Phi) is 3.58. The summed E-state index contributed by atoms with van der Waals surface area (Å²) in [5, 5.41) is 17.7. The van der Waals surface area contributed by atoms with Crippen molar-refractivity contribution >= 4 is 17.4 Å². The van der Waals surface area contributed by atoms with E-state index in [-0.39, 0.29) is 6.10 Å². The van der Waals surface area contributed by atoms with E-state index in [1.54, 1.807) is 13.0 Å². The normalized spacial score (nSPS) is 23.2. The number of nitrogens with zero attached hydrogens (tertiary/aromatic N) is 3. The summed E-state index contributed by atoms with van der Waals surface area (Å²) in [6.07, 6.45) is -0.658. The Hall–Kier alpha value is -0.910. The summed E-state index contributed by atoms with van der Waals surface area (Å²) in [4.78, 5) is 2.03. The molecule has 1 fully saturated rings. The van der Waals surface area contributed by atoms with Gasteiger partial charge in [0.05, 0.1) is 12.7 Å². The molecule has 1 aliphatic heterocycles. The fourth-order valence-electron chi connectivity index (χ4n) is 1.65. The zero-order valence-corrected chi connectivity index (χ0v) is 9.76. The van der Waals surface area contributed by atoms with Crippen molar-refractivity contribution in [1.82, 2.24) is 10.2 Å². The van der Waals surface area contributed by atoms with Crippen molar-refractivity contribution < 1.29 is 9.84 Å². The van der Waals surface area contributed by atoms with Crippen molar-refractivity contribution in [2.24, 2.45) is 0 Å². The summed E-state index contributed by atoms with van der Waals surface area (Å²) < 4.78 is 5.45. The molecule has 2 rings (SSSR count). The molecular formula is C10H14ClN3O2. The van der Waals surface area contributed by atoms with Crippen LogP contribution in [-0.4, -0.2) is 47.2 Å². The lowest BCUT2D eigenvalue weighted by atomic mass is 10.2. The minimum atomic E-state index is -0.483. The third kappa shape index (κ3) is 2.61. The van der Waals surface area contributed by atoms with E-state index >= 15 is 0 Å². The largest absolute Gasteiger partial charge is 0.391 e. The molecule has 0 aliphatic carbocycles. The highest BCUT2D eigenvalue weighted by Crippen LogP contribution is 2.16. The molecule has 0 saturated carbocycles. The number of aliphatic hydroxyl groups excluding tert-OH is 1. The average Bonchev–Trinajstić information content (AvgIpc) is 2.30. The first kappa shape index (κ1) is 11.6. The minimum absolute atomic E-state index is 0.175. The highest BCUT2D eigenvalue weighted by Gasteiger charge is 2.25. The molecule has 1 unspecified atom stereocenters. The minimum Gasteiger partial charge on any atom is -0.391 e. The van der Waals surface area contributed by atoms with Crippen LogP contribution < -0.4 is 4.90 Å². The molecule has 16 heavy (non-hydrogen) atoms. The van der Waals surface area contributed by atoms with Gasteiger partial charge in [0, 0.05) is 13.1 Å². The third-order valence-electron chi connectivity index (χ3n) is 2.57. The number of anilines is 1. The van der Waals surface area contributed by atoms with E-state index < -0.39 is 6.10 Å². The Morgan fingerprint density at radius 3 is 3.00 bits per heavy atom. The van der Waals surface area contributed by atoms with E-state index in [2.05, 4.69) is 10.2 Å². The van der Waals surface area contributed by atoms with Crippen LogP contribution >= 0.6 is 11.6 Å². The maximum Gasteiger partial charge on any atom is 0.151 e. The van der Waals surface area contributed by atoms with Gasteiger partial charge in [-0.1, -0.05) is 11.6 Å². The van der Waals surface area contributed by atoms with Crippen molar-refractivity contribution in [2.75, 3.05) is 24.6 Å². The maximum atomic E-state index is 9.48. The summed E-state index contributed by atoms with van der Waals surface area (Å²) in [5.74, 6) is 0.762. The van der Waals surface area contributed by atoms with Gasteiger partial charge in [0.2, 0.25) is 0 Å². The van der Waals surface area contributed by atoms with Gasteiger partial charge in [0.15, 0.2) is 11.0 Å². The quantitative estimate of drug-likeness (QED) is 0.829. The molecule has 0 amide bonds. The highest BCUT2D eigenvalue weighted by atomic mass is 35.5. The summed E-state index contributed by atoms with van der Waals surface area (Å²) in [6, 6.07) is 3.52. The number of aliphatic hydroxyl groups is 1. The Bertz CT molecular complexity index is 344. The van der Waals surface area contributed by atoms with E-state index in [1.165, 1.54) is 0 Å². The predicted octanol–water partition coefficient (Wildman–Crippen LogP) is 0.716. The number of morpholine rings is 1. The van der Waals surface area contributed by atoms with Crippen LogP contribution in [0.2, 0.25) is 5.15 Å². The fourth-order valence-corrected chi connectivity index (χ4v) is 1.75. The second kappa shape index (κ2) is 4.95. The Labute approximate surface area is 99.0 Å². The van der Waals surface area contributed by atoms with Crippen LogP contribution in [-0.2, 0) is 4.74 Å². The molecule has 1 aromatic rings. The molecule has 0 radical (unpaired) electrons. The number of halogens is 1. The lowest BCUT2D eigenvalue weighted by Gasteiger charge is -2.34. The lowest BCUT2D eigenvalue weighted by molar-refractivity contribution is -0.0366. The van der Waals surface area contributed by atoms with Gasteiger partial charge in [-0.15, -0.1) is 10.2 Å². The van der Waals surface area contributed by atoms with Crippen LogP contribution in [0.5, 0.6) is 0 Å². The van der Waals surface area contributed by atoms with Crippen LogP contribution in [0.15, 0.2) is 12.1 Å². The first-order chi connectivity index (χ1) is 7.66. The molecule has 2 atom stereocenters. The Morgan fingerprint density at radius 2 is 2.38 bits per heavy atom. The molecule has 1 N–H and O–H groups in total. The topological polar surface area (TPSA) is 58.5 Å². The van der Waals surface area contributed by atoms with Crippen molar-refractivity contribution in [2.45, 2.75) is 19.1 Å². The smallest absolute Gasteiger partial charge is 0.151 e. The summed E-state index contributed by atoms with van der Waals surface area (Å²) in [6.45, 7) is 3.68.